The van der Waals surface area contributed by atoms with Gasteiger partial charge in [0.25, 0.3) is 0 Å². The molecule has 3 aliphatic rings. The summed E-state index contributed by atoms with van der Waals surface area (Å²) in [6.07, 6.45) is 5.40. The van der Waals surface area contributed by atoms with Crippen LogP contribution in [0.4, 0.5) is 16.2 Å². The maximum Gasteiger partial charge on any atom is 0.321 e. The van der Waals surface area contributed by atoms with Crippen LogP contribution in [0.25, 0.3) is 0 Å². The molecule has 1 aromatic carbocycles. The number of rotatable bonds is 3. The van der Waals surface area contributed by atoms with Crippen LogP contribution in [0.5, 0.6) is 0 Å². The molecule has 7 nitrogen and oxygen atoms in total. The van der Waals surface area contributed by atoms with Crippen molar-refractivity contribution >= 4 is 27.4 Å². The van der Waals surface area contributed by atoms with E-state index in [4.69, 9.17) is 0 Å². The maximum atomic E-state index is 12.7. The first kappa shape index (κ1) is 18.6. The Kier molecular flexibility index (Phi) is 5.27. The molecule has 3 heterocycles. The van der Waals surface area contributed by atoms with E-state index < -0.39 is 10.0 Å². The third-order valence-electron chi connectivity index (χ3n) is 5.85. The Bertz CT molecular complexity index is 775. The lowest BCUT2D eigenvalue weighted by atomic mass is 10.0. The van der Waals surface area contributed by atoms with Gasteiger partial charge in [-0.25, -0.2) is 13.2 Å². The van der Waals surface area contributed by atoms with Gasteiger partial charge in [-0.05, 0) is 69.5 Å². The molecule has 4 rings (SSSR count). The largest absolute Gasteiger partial charge is 0.323 e. The molecule has 27 heavy (non-hydrogen) atoms. The highest BCUT2D eigenvalue weighted by atomic mass is 32.2. The average molecular weight is 393 g/mol. The molecular formula is C19H28N4O3S. The molecule has 1 N–H and O–H groups in total. The minimum Gasteiger partial charge on any atom is -0.323 e. The number of anilines is 2. The average Bonchev–Trinajstić information content (AvgIpc) is 3.32. The number of hydrogen-bond donors (Lipinski definition) is 1. The van der Waals surface area contributed by atoms with E-state index in [9.17, 15) is 13.2 Å². The lowest BCUT2D eigenvalue weighted by Crippen LogP contribution is -2.50. The molecule has 3 aliphatic heterocycles. The number of benzene rings is 1. The second kappa shape index (κ2) is 7.67. The number of urea groups is 1. The third-order valence-corrected chi connectivity index (χ3v) is 7.72. The van der Waals surface area contributed by atoms with Crippen LogP contribution in [0, 0.1) is 0 Å². The van der Waals surface area contributed by atoms with E-state index in [2.05, 4.69) is 10.2 Å². The van der Waals surface area contributed by atoms with Gasteiger partial charge in [-0.1, -0.05) is 0 Å². The standard InChI is InChI=1S/C19H28N4O3S/c24-19(22-12-3-5-18(15-22)21-10-1-2-11-21)20-16-6-8-17(9-7-16)23-13-4-14-27(23,25)26/h6-9,18H,1-5,10-15H2,(H,20,24)/t18-/m0/s1. The zero-order valence-corrected chi connectivity index (χ0v) is 16.5. The summed E-state index contributed by atoms with van der Waals surface area (Å²) in [6, 6.07) is 7.50. The van der Waals surface area contributed by atoms with Gasteiger partial charge in [0.15, 0.2) is 0 Å². The number of nitrogens with zero attached hydrogens (tertiary/aromatic N) is 3. The highest BCUT2D eigenvalue weighted by Crippen LogP contribution is 2.26. The van der Waals surface area contributed by atoms with Crippen molar-refractivity contribution in [3.8, 4) is 0 Å². The van der Waals surface area contributed by atoms with Crippen molar-refractivity contribution in [2.75, 3.05) is 48.1 Å². The highest BCUT2D eigenvalue weighted by Gasteiger charge is 2.30. The van der Waals surface area contributed by atoms with Crippen LogP contribution < -0.4 is 9.62 Å². The van der Waals surface area contributed by atoms with Gasteiger partial charge < -0.3 is 10.2 Å². The Morgan fingerprint density at radius 3 is 2.37 bits per heavy atom. The normalized spacial score (nSPS) is 25.7. The van der Waals surface area contributed by atoms with Gasteiger partial charge in [0, 0.05) is 31.4 Å². The van der Waals surface area contributed by atoms with Crippen molar-refractivity contribution < 1.29 is 13.2 Å². The van der Waals surface area contributed by atoms with Crippen LogP contribution in [0.1, 0.15) is 32.1 Å². The molecule has 0 radical (unpaired) electrons. The Morgan fingerprint density at radius 2 is 1.70 bits per heavy atom. The van der Waals surface area contributed by atoms with Gasteiger partial charge >= 0.3 is 6.03 Å². The van der Waals surface area contributed by atoms with E-state index in [1.165, 1.54) is 23.6 Å². The van der Waals surface area contributed by atoms with Crippen molar-refractivity contribution in [2.45, 2.75) is 38.1 Å². The number of nitrogens with one attached hydrogen (secondary N) is 1. The van der Waals surface area contributed by atoms with Crippen LogP contribution in [0.2, 0.25) is 0 Å². The van der Waals surface area contributed by atoms with Gasteiger partial charge in [0.1, 0.15) is 0 Å². The Labute approximate surface area is 161 Å². The smallest absolute Gasteiger partial charge is 0.321 e. The fraction of sp³-hybridized carbons (Fsp3) is 0.632. The molecule has 1 atom stereocenters. The van der Waals surface area contributed by atoms with Gasteiger partial charge in [-0.2, -0.15) is 0 Å². The minimum absolute atomic E-state index is 0.0690. The number of hydrogen-bond acceptors (Lipinski definition) is 4. The van der Waals surface area contributed by atoms with Crippen molar-refractivity contribution in [3.63, 3.8) is 0 Å². The van der Waals surface area contributed by atoms with Crippen molar-refractivity contribution in [1.82, 2.24) is 9.80 Å². The summed E-state index contributed by atoms with van der Waals surface area (Å²) in [5.41, 5.74) is 1.36. The zero-order chi connectivity index (χ0) is 18.9. The molecule has 8 heteroatoms. The lowest BCUT2D eigenvalue weighted by molar-refractivity contribution is 0.132. The number of sulfonamides is 1. The first-order chi connectivity index (χ1) is 13.0. The van der Waals surface area contributed by atoms with E-state index in [-0.39, 0.29) is 11.8 Å². The molecule has 0 bridgehead atoms. The zero-order valence-electron chi connectivity index (χ0n) is 15.6. The van der Waals surface area contributed by atoms with Crippen LogP contribution in [-0.2, 0) is 10.0 Å². The molecule has 0 aromatic heterocycles. The number of carbonyl (C=O) groups excluding carboxylic acids is 1. The molecule has 3 saturated heterocycles. The minimum atomic E-state index is -3.17. The first-order valence-corrected chi connectivity index (χ1v) is 11.5. The summed E-state index contributed by atoms with van der Waals surface area (Å²) < 4.78 is 25.5. The summed E-state index contributed by atoms with van der Waals surface area (Å²) >= 11 is 0. The first-order valence-electron chi connectivity index (χ1n) is 9.93. The predicted molar refractivity (Wildman–Crippen MR) is 107 cm³/mol. The summed E-state index contributed by atoms with van der Waals surface area (Å²) in [6.45, 7) is 4.41. The topological polar surface area (TPSA) is 73.0 Å². The molecule has 0 aliphatic carbocycles. The second-order valence-electron chi connectivity index (χ2n) is 7.70. The van der Waals surface area contributed by atoms with E-state index >= 15 is 0 Å². The van der Waals surface area contributed by atoms with Gasteiger partial charge in [0.2, 0.25) is 10.0 Å². The number of carbonyl (C=O) groups is 1. The van der Waals surface area contributed by atoms with Crippen LogP contribution >= 0.6 is 0 Å². The van der Waals surface area contributed by atoms with Gasteiger partial charge in [0.05, 0.1) is 11.4 Å². The fourth-order valence-electron chi connectivity index (χ4n) is 4.39. The second-order valence-corrected chi connectivity index (χ2v) is 9.72. The SMILES string of the molecule is O=C(Nc1ccc(N2CCCS2(=O)=O)cc1)N1CCC[C@H](N2CCCC2)C1. The predicted octanol–water partition coefficient (Wildman–Crippen LogP) is 2.32. The molecule has 1 aromatic rings. The number of likely N-dealkylation sites (tertiary alicyclic amines) is 2. The maximum absolute atomic E-state index is 12.7. The Hall–Kier alpha value is -1.80. The monoisotopic (exact) mass is 392 g/mol. The quantitative estimate of drug-likeness (QED) is 0.857. The van der Waals surface area contributed by atoms with Crippen molar-refractivity contribution in [2.24, 2.45) is 0 Å². The number of amides is 2. The fourth-order valence-corrected chi connectivity index (χ4v) is 5.95. The summed E-state index contributed by atoms with van der Waals surface area (Å²) in [4.78, 5) is 17.1. The highest BCUT2D eigenvalue weighted by molar-refractivity contribution is 7.93. The van der Waals surface area contributed by atoms with Crippen LogP contribution in [0.15, 0.2) is 24.3 Å². The van der Waals surface area contributed by atoms with Crippen LogP contribution in [0.3, 0.4) is 0 Å². The van der Waals surface area contributed by atoms with E-state index in [0.29, 0.717) is 30.4 Å². The van der Waals surface area contributed by atoms with Gasteiger partial charge in [-0.3, -0.25) is 9.21 Å². The van der Waals surface area contributed by atoms with E-state index in [1.54, 1.807) is 24.3 Å². The van der Waals surface area contributed by atoms with Crippen molar-refractivity contribution in [1.29, 1.82) is 0 Å². The molecule has 0 spiro atoms. The van der Waals surface area contributed by atoms with Crippen molar-refractivity contribution in [3.05, 3.63) is 24.3 Å². The molecule has 3 fully saturated rings. The van der Waals surface area contributed by atoms with E-state index in [0.717, 1.165) is 32.6 Å². The molecule has 2 amide bonds. The van der Waals surface area contributed by atoms with E-state index in [1.807, 2.05) is 4.90 Å². The van der Waals surface area contributed by atoms with Crippen LogP contribution in [-0.4, -0.2) is 68.8 Å². The Morgan fingerprint density at radius 1 is 0.963 bits per heavy atom. The summed E-state index contributed by atoms with van der Waals surface area (Å²) in [5, 5.41) is 2.96. The summed E-state index contributed by atoms with van der Waals surface area (Å²) in [5.74, 6) is 0.207. The number of piperidine rings is 1. The molecular weight excluding hydrogens is 364 g/mol. The molecule has 0 saturated carbocycles. The molecule has 0 unspecified atom stereocenters. The third kappa shape index (κ3) is 4.06. The Balaban J connectivity index is 1.36. The molecule has 148 valence electrons. The van der Waals surface area contributed by atoms with Gasteiger partial charge in [-0.15, -0.1) is 0 Å². The lowest BCUT2D eigenvalue weighted by Gasteiger charge is -2.37. The summed E-state index contributed by atoms with van der Waals surface area (Å²) in [7, 11) is -3.17.